The maximum Gasteiger partial charge on any atom is 0.267 e. The molecular formula is C25H25N5O2S2. The van der Waals surface area contributed by atoms with Crippen molar-refractivity contribution >= 4 is 51.7 Å². The molecule has 9 heteroatoms. The predicted molar refractivity (Wildman–Crippen MR) is 141 cm³/mol. The smallest absolute Gasteiger partial charge is 0.267 e. The van der Waals surface area contributed by atoms with Gasteiger partial charge >= 0.3 is 0 Å². The van der Waals surface area contributed by atoms with Gasteiger partial charge in [0.05, 0.1) is 17.0 Å². The molecule has 0 radical (unpaired) electrons. The first-order valence-electron chi connectivity index (χ1n) is 11.2. The van der Waals surface area contributed by atoms with Crippen LogP contribution in [0, 0.1) is 6.92 Å². The Hall–Kier alpha value is -3.01. The molecule has 3 aromatic rings. The molecule has 1 aromatic carbocycles. The predicted octanol–water partition coefficient (Wildman–Crippen LogP) is 3.16. The zero-order valence-corrected chi connectivity index (χ0v) is 20.7. The van der Waals surface area contributed by atoms with Crippen LogP contribution < -0.4 is 10.5 Å². The van der Waals surface area contributed by atoms with Gasteiger partial charge in [0, 0.05) is 32.4 Å². The van der Waals surface area contributed by atoms with Gasteiger partial charge in [-0.1, -0.05) is 59.9 Å². The number of carbonyl (C=O) groups is 1. The number of rotatable bonds is 4. The molecule has 5 rings (SSSR count). The number of aryl methyl sites for hydroxylation is 1. The number of thioether (sulfide) groups is 1. The summed E-state index contributed by atoms with van der Waals surface area (Å²) < 4.78 is 2.02. The van der Waals surface area contributed by atoms with Crippen LogP contribution >= 0.6 is 24.0 Å². The Morgan fingerprint density at radius 3 is 2.53 bits per heavy atom. The van der Waals surface area contributed by atoms with Crippen LogP contribution in [0.2, 0.25) is 0 Å². The molecule has 7 nitrogen and oxygen atoms in total. The van der Waals surface area contributed by atoms with Gasteiger partial charge in [0.1, 0.15) is 15.8 Å². The van der Waals surface area contributed by atoms with E-state index in [1.807, 2.05) is 43.3 Å². The fourth-order valence-electron chi connectivity index (χ4n) is 4.12. The Labute approximate surface area is 207 Å². The number of amides is 1. The summed E-state index contributed by atoms with van der Waals surface area (Å²) in [4.78, 5) is 38.1. The molecule has 34 heavy (non-hydrogen) atoms. The zero-order chi connectivity index (χ0) is 23.8. The van der Waals surface area contributed by atoms with E-state index >= 15 is 0 Å². The monoisotopic (exact) mass is 491 g/mol. The number of piperazine rings is 1. The van der Waals surface area contributed by atoms with Gasteiger partial charge in [0.2, 0.25) is 0 Å². The number of aromatic nitrogens is 2. The molecule has 0 saturated carbocycles. The molecule has 0 unspecified atom stereocenters. The number of nitrogens with zero attached hydrogens (tertiary/aromatic N) is 5. The summed E-state index contributed by atoms with van der Waals surface area (Å²) in [5.41, 5.74) is 2.99. The lowest BCUT2D eigenvalue weighted by Gasteiger charge is -2.34. The highest BCUT2D eigenvalue weighted by atomic mass is 32.2. The van der Waals surface area contributed by atoms with Crippen LogP contribution in [0.1, 0.15) is 16.7 Å². The normalized spacial score (nSPS) is 18.5. The third-order valence-corrected chi connectivity index (χ3v) is 7.54. The van der Waals surface area contributed by atoms with Crippen molar-refractivity contribution in [3.8, 4) is 0 Å². The van der Waals surface area contributed by atoms with E-state index in [0.717, 1.165) is 37.3 Å². The molecule has 2 aromatic heterocycles. The molecule has 174 valence electrons. The van der Waals surface area contributed by atoms with Gasteiger partial charge in [-0.15, -0.1) is 0 Å². The number of anilines is 1. The van der Waals surface area contributed by atoms with Crippen molar-refractivity contribution in [3.63, 3.8) is 0 Å². The molecule has 2 saturated heterocycles. The molecule has 2 fully saturated rings. The quantitative estimate of drug-likeness (QED) is 0.410. The molecule has 0 N–H and O–H groups in total. The van der Waals surface area contributed by atoms with Gasteiger partial charge in [-0.3, -0.25) is 18.9 Å². The van der Waals surface area contributed by atoms with E-state index < -0.39 is 0 Å². The first kappa shape index (κ1) is 22.8. The summed E-state index contributed by atoms with van der Waals surface area (Å²) in [6, 6.07) is 13.5. The van der Waals surface area contributed by atoms with Crippen LogP contribution in [0.3, 0.4) is 0 Å². The Balaban J connectivity index is 1.53. The first-order chi connectivity index (χ1) is 16.4. The maximum atomic E-state index is 13.5. The number of likely N-dealkylation sites (N-methyl/N-ethyl adjacent to an activating group) is 1. The highest BCUT2D eigenvalue weighted by Crippen LogP contribution is 2.34. The fourth-order valence-corrected chi connectivity index (χ4v) is 5.36. The third kappa shape index (κ3) is 4.38. The van der Waals surface area contributed by atoms with E-state index in [2.05, 4.69) is 16.8 Å². The number of hydrogen-bond donors (Lipinski definition) is 0. The zero-order valence-electron chi connectivity index (χ0n) is 19.1. The standard InChI is InChI=1S/C25H25N5O2S2/c1-17-6-8-18(9-7-17)16-30-24(32)20(34-25(30)33)15-19-22(28-13-11-27(2)12-14-28)26-21-5-3-4-10-29(21)23(19)31/h3-10,15H,11-14,16H2,1-2H3/b20-15+. The summed E-state index contributed by atoms with van der Waals surface area (Å²) >= 11 is 6.76. The Morgan fingerprint density at radius 1 is 1.06 bits per heavy atom. The first-order valence-corrected chi connectivity index (χ1v) is 12.4. The van der Waals surface area contributed by atoms with Gasteiger partial charge < -0.3 is 9.80 Å². The van der Waals surface area contributed by atoms with Crippen molar-refractivity contribution < 1.29 is 4.79 Å². The van der Waals surface area contributed by atoms with E-state index in [1.54, 1.807) is 23.2 Å². The van der Waals surface area contributed by atoms with Gasteiger partial charge in [-0.05, 0) is 37.7 Å². The van der Waals surface area contributed by atoms with Gasteiger partial charge in [0.25, 0.3) is 11.5 Å². The Kier molecular flexibility index (Phi) is 6.24. The topological polar surface area (TPSA) is 61.2 Å². The number of pyridine rings is 1. The second-order valence-corrected chi connectivity index (χ2v) is 10.3. The highest BCUT2D eigenvalue weighted by Gasteiger charge is 2.33. The lowest BCUT2D eigenvalue weighted by molar-refractivity contribution is -0.122. The number of thiocarbonyl (C=S) groups is 1. The van der Waals surface area contributed by atoms with Gasteiger partial charge in [-0.25, -0.2) is 4.98 Å². The average molecular weight is 492 g/mol. The van der Waals surface area contributed by atoms with Crippen LogP contribution in [0.25, 0.3) is 11.7 Å². The second kappa shape index (κ2) is 9.32. The third-order valence-electron chi connectivity index (χ3n) is 6.16. The molecule has 2 aliphatic rings. The highest BCUT2D eigenvalue weighted by molar-refractivity contribution is 8.26. The van der Waals surface area contributed by atoms with Crippen LogP contribution in [0.15, 0.2) is 58.4 Å². The lowest BCUT2D eigenvalue weighted by Crippen LogP contribution is -2.45. The summed E-state index contributed by atoms with van der Waals surface area (Å²) in [6.45, 7) is 5.73. The molecule has 0 atom stereocenters. The number of carbonyl (C=O) groups excluding carboxylic acids is 1. The van der Waals surface area contributed by atoms with Crippen LogP contribution in [-0.2, 0) is 11.3 Å². The second-order valence-electron chi connectivity index (χ2n) is 8.63. The molecule has 4 heterocycles. The molecular weight excluding hydrogens is 466 g/mol. The Morgan fingerprint density at radius 2 is 1.79 bits per heavy atom. The van der Waals surface area contributed by atoms with Crippen molar-refractivity contribution in [2.24, 2.45) is 0 Å². The van der Waals surface area contributed by atoms with E-state index in [9.17, 15) is 9.59 Å². The van der Waals surface area contributed by atoms with Gasteiger partial charge in [-0.2, -0.15) is 0 Å². The number of fused-ring (bicyclic) bond motifs is 1. The SMILES string of the molecule is Cc1ccc(CN2C(=O)/C(=C\c3c(N4CCN(C)CC4)nc4ccccn4c3=O)SC2=S)cc1. The lowest BCUT2D eigenvalue weighted by atomic mass is 10.1. The van der Waals surface area contributed by atoms with E-state index in [1.165, 1.54) is 16.2 Å². The molecule has 0 spiro atoms. The minimum absolute atomic E-state index is 0.183. The number of hydrogen-bond acceptors (Lipinski definition) is 7. The Bertz CT molecular complexity index is 1360. The molecule has 0 bridgehead atoms. The summed E-state index contributed by atoms with van der Waals surface area (Å²) in [7, 11) is 2.08. The van der Waals surface area contributed by atoms with Gasteiger partial charge in [0.15, 0.2) is 0 Å². The van der Waals surface area contributed by atoms with Crippen molar-refractivity contribution in [1.82, 2.24) is 19.2 Å². The summed E-state index contributed by atoms with van der Waals surface area (Å²) in [5.74, 6) is 0.436. The largest absolute Gasteiger partial charge is 0.353 e. The number of benzene rings is 1. The summed E-state index contributed by atoms with van der Waals surface area (Å²) in [5, 5.41) is 0. The molecule has 0 aliphatic carbocycles. The van der Waals surface area contributed by atoms with Crippen molar-refractivity contribution in [2.75, 3.05) is 38.1 Å². The molecule has 2 aliphatic heterocycles. The van der Waals surface area contributed by atoms with E-state index in [4.69, 9.17) is 17.2 Å². The van der Waals surface area contributed by atoms with Crippen molar-refractivity contribution in [2.45, 2.75) is 13.5 Å². The average Bonchev–Trinajstić information content (AvgIpc) is 3.10. The summed E-state index contributed by atoms with van der Waals surface area (Å²) in [6.07, 6.45) is 3.38. The van der Waals surface area contributed by atoms with Crippen LogP contribution in [-0.4, -0.2) is 62.6 Å². The van der Waals surface area contributed by atoms with Crippen molar-refractivity contribution in [1.29, 1.82) is 0 Å². The minimum Gasteiger partial charge on any atom is -0.353 e. The van der Waals surface area contributed by atoms with E-state index in [0.29, 0.717) is 32.8 Å². The minimum atomic E-state index is -0.191. The maximum absolute atomic E-state index is 13.5. The molecule has 1 amide bonds. The fraction of sp³-hybridized carbons (Fsp3) is 0.280. The van der Waals surface area contributed by atoms with Crippen LogP contribution in [0.4, 0.5) is 5.82 Å². The van der Waals surface area contributed by atoms with Crippen LogP contribution in [0.5, 0.6) is 0 Å². The van der Waals surface area contributed by atoms with Crippen molar-refractivity contribution in [3.05, 3.63) is 80.6 Å². The van der Waals surface area contributed by atoms with E-state index in [-0.39, 0.29) is 11.5 Å².